The van der Waals surface area contributed by atoms with Crippen LogP contribution in [0.15, 0.2) is 24.3 Å². The normalized spacial score (nSPS) is 18.4. The average Bonchev–Trinajstić information content (AvgIpc) is 2.73. The summed E-state index contributed by atoms with van der Waals surface area (Å²) in [5.74, 6) is 0. The monoisotopic (exact) mass is 291 g/mol. The lowest BCUT2D eigenvalue weighted by Gasteiger charge is -2.20. The van der Waals surface area contributed by atoms with E-state index in [1.165, 1.54) is 16.1 Å². The quantitative estimate of drug-likeness (QED) is 0.932. The summed E-state index contributed by atoms with van der Waals surface area (Å²) in [4.78, 5) is 9.54. The third-order valence-corrected chi connectivity index (χ3v) is 4.82. The van der Waals surface area contributed by atoms with Crippen molar-refractivity contribution in [1.82, 2.24) is 14.8 Å². The number of hydrogen-bond acceptors (Lipinski definition) is 5. The lowest BCUT2D eigenvalue weighted by molar-refractivity contribution is 0.196. The molecule has 0 aliphatic carbocycles. The average molecular weight is 291 g/mol. The Labute approximate surface area is 123 Å². The smallest absolute Gasteiger partial charge is 0.108 e. The largest absolute Gasteiger partial charge is 0.395 e. The van der Waals surface area contributed by atoms with Crippen LogP contribution in [0, 0.1) is 0 Å². The Morgan fingerprint density at radius 1 is 1.10 bits per heavy atom. The zero-order chi connectivity index (χ0) is 13.8. The van der Waals surface area contributed by atoms with E-state index >= 15 is 0 Å². The summed E-state index contributed by atoms with van der Waals surface area (Å²) in [7, 11) is 0. The third-order valence-electron chi connectivity index (χ3n) is 3.79. The first-order chi connectivity index (χ1) is 9.85. The van der Waals surface area contributed by atoms with Crippen molar-refractivity contribution in [3.05, 3.63) is 29.3 Å². The molecule has 1 aliphatic rings. The Morgan fingerprint density at radius 2 is 1.90 bits per heavy atom. The zero-order valence-electron chi connectivity index (χ0n) is 11.7. The molecule has 0 bridgehead atoms. The highest BCUT2D eigenvalue weighted by atomic mass is 32.1. The number of fused-ring (bicyclic) bond motifs is 1. The molecule has 0 radical (unpaired) electrons. The molecule has 1 aromatic carbocycles. The predicted molar refractivity (Wildman–Crippen MR) is 83.0 cm³/mol. The van der Waals surface area contributed by atoms with Gasteiger partial charge >= 0.3 is 0 Å². The van der Waals surface area contributed by atoms with Gasteiger partial charge in [0.05, 0.1) is 23.4 Å². The van der Waals surface area contributed by atoms with Gasteiger partial charge in [0.2, 0.25) is 0 Å². The van der Waals surface area contributed by atoms with Crippen LogP contribution >= 0.6 is 11.3 Å². The van der Waals surface area contributed by atoms with Crippen LogP contribution in [0.4, 0.5) is 0 Å². The second-order valence-electron chi connectivity index (χ2n) is 5.27. The van der Waals surface area contributed by atoms with E-state index in [9.17, 15) is 0 Å². The molecule has 1 N–H and O–H groups in total. The van der Waals surface area contributed by atoms with Crippen molar-refractivity contribution >= 4 is 21.6 Å². The summed E-state index contributed by atoms with van der Waals surface area (Å²) in [6, 6.07) is 8.34. The van der Waals surface area contributed by atoms with Crippen LogP contribution in [-0.2, 0) is 6.54 Å². The van der Waals surface area contributed by atoms with E-state index in [2.05, 4.69) is 28.0 Å². The fraction of sp³-hybridized carbons (Fsp3) is 0.533. The molecule has 1 saturated heterocycles. The van der Waals surface area contributed by atoms with Crippen molar-refractivity contribution in [2.45, 2.75) is 13.0 Å². The molecule has 0 unspecified atom stereocenters. The Hall–Kier alpha value is -1.01. The van der Waals surface area contributed by atoms with E-state index in [0.29, 0.717) is 0 Å². The van der Waals surface area contributed by atoms with E-state index < -0.39 is 0 Å². The Kier molecular flexibility index (Phi) is 4.62. The van der Waals surface area contributed by atoms with Crippen LogP contribution < -0.4 is 0 Å². The summed E-state index contributed by atoms with van der Waals surface area (Å²) in [6.45, 7) is 6.34. The van der Waals surface area contributed by atoms with Gasteiger partial charge in [-0.05, 0) is 31.6 Å². The molecule has 108 valence electrons. The molecule has 1 aliphatic heterocycles. The fourth-order valence-corrected chi connectivity index (χ4v) is 3.74. The number of hydrogen-bond donors (Lipinski definition) is 1. The van der Waals surface area contributed by atoms with Gasteiger partial charge in [-0.3, -0.25) is 9.80 Å². The standard InChI is InChI=1S/C15H21N3OS/c19-11-10-17-6-3-7-18(9-8-17)12-15-16-13-4-1-2-5-14(13)20-15/h1-2,4-5,19H,3,6-12H2. The number of rotatable bonds is 4. The van der Waals surface area contributed by atoms with Crippen molar-refractivity contribution in [2.24, 2.45) is 0 Å². The van der Waals surface area contributed by atoms with Crippen LogP contribution in [0.5, 0.6) is 0 Å². The Bertz CT molecular complexity index is 524. The predicted octanol–water partition coefficient (Wildman–Crippen LogP) is 1.80. The molecule has 0 spiro atoms. The second kappa shape index (κ2) is 6.63. The summed E-state index contributed by atoms with van der Waals surface area (Å²) in [5.41, 5.74) is 1.12. The second-order valence-corrected chi connectivity index (χ2v) is 6.39. The number of nitrogens with zero attached hydrogens (tertiary/aromatic N) is 3. The van der Waals surface area contributed by atoms with Gasteiger partial charge in [-0.15, -0.1) is 11.3 Å². The Morgan fingerprint density at radius 3 is 2.75 bits per heavy atom. The van der Waals surface area contributed by atoms with E-state index in [4.69, 9.17) is 10.1 Å². The molecule has 0 atom stereocenters. The topological polar surface area (TPSA) is 39.6 Å². The van der Waals surface area contributed by atoms with E-state index in [0.717, 1.165) is 44.8 Å². The molecule has 3 rings (SSSR count). The lowest BCUT2D eigenvalue weighted by atomic mass is 10.3. The number of aliphatic hydroxyl groups excluding tert-OH is 1. The first-order valence-corrected chi connectivity index (χ1v) is 8.07. The molecule has 2 aromatic rings. The van der Waals surface area contributed by atoms with Gasteiger partial charge < -0.3 is 5.11 Å². The van der Waals surface area contributed by atoms with Gasteiger partial charge in [-0.1, -0.05) is 12.1 Å². The van der Waals surface area contributed by atoms with E-state index in [1.54, 1.807) is 11.3 Å². The van der Waals surface area contributed by atoms with Crippen molar-refractivity contribution in [1.29, 1.82) is 0 Å². The van der Waals surface area contributed by atoms with E-state index in [-0.39, 0.29) is 6.61 Å². The van der Waals surface area contributed by atoms with Crippen LogP contribution in [0.25, 0.3) is 10.2 Å². The molecule has 2 heterocycles. The first-order valence-electron chi connectivity index (χ1n) is 7.25. The summed E-state index contributed by atoms with van der Waals surface area (Å²) in [6.07, 6.45) is 1.17. The molecular formula is C15H21N3OS. The molecule has 5 heteroatoms. The van der Waals surface area contributed by atoms with Gasteiger partial charge in [0, 0.05) is 19.6 Å². The molecular weight excluding hydrogens is 270 g/mol. The molecule has 20 heavy (non-hydrogen) atoms. The maximum absolute atomic E-state index is 9.03. The zero-order valence-corrected chi connectivity index (χ0v) is 12.5. The van der Waals surface area contributed by atoms with Crippen molar-refractivity contribution in [3.63, 3.8) is 0 Å². The van der Waals surface area contributed by atoms with Crippen molar-refractivity contribution in [2.75, 3.05) is 39.3 Å². The third kappa shape index (κ3) is 3.35. The maximum Gasteiger partial charge on any atom is 0.108 e. The van der Waals surface area contributed by atoms with Gasteiger partial charge in [0.1, 0.15) is 5.01 Å². The molecule has 1 fully saturated rings. The van der Waals surface area contributed by atoms with E-state index in [1.807, 2.05) is 6.07 Å². The first kappa shape index (κ1) is 13.9. The highest BCUT2D eigenvalue weighted by Gasteiger charge is 2.15. The lowest BCUT2D eigenvalue weighted by Crippen LogP contribution is -2.32. The number of benzene rings is 1. The van der Waals surface area contributed by atoms with Crippen LogP contribution in [-0.4, -0.2) is 59.2 Å². The number of aromatic nitrogens is 1. The van der Waals surface area contributed by atoms with Gasteiger partial charge in [-0.25, -0.2) is 4.98 Å². The Balaban J connectivity index is 1.62. The highest BCUT2D eigenvalue weighted by molar-refractivity contribution is 7.18. The highest BCUT2D eigenvalue weighted by Crippen LogP contribution is 2.22. The SMILES string of the molecule is OCCN1CCCN(Cc2nc3ccccc3s2)CC1. The van der Waals surface area contributed by atoms with Crippen molar-refractivity contribution < 1.29 is 5.11 Å². The summed E-state index contributed by atoms with van der Waals surface area (Å²) in [5, 5.41) is 10.2. The van der Waals surface area contributed by atoms with Crippen molar-refractivity contribution in [3.8, 4) is 0 Å². The minimum Gasteiger partial charge on any atom is -0.395 e. The summed E-state index contributed by atoms with van der Waals surface area (Å²) >= 11 is 1.80. The number of β-amino-alcohol motifs (C(OH)–C–C–N with tert-alkyl or cyclic N) is 1. The fourth-order valence-electron chi connectivity index (χ4n) is 2.73. The number of para-hydroxylation sites is 1. The molecule has 0 amide bonds. The molecule has 0 saturated carbocycles. The van der Waals surface area contributed by atoms with Crippen LogP contribution in [0.2, 0.25) is 0 Å². The summed E-state index contributed by atoms with van der Waals surface area (Å²) < 4.78 is 1.28. The maximum atomic E-state index is 9.03. The number of aliphatic hydroxyl groups is 1. The molecule has 1 aromatic heterocycles. The number of thiazole rings is 1. The van der Waals surface area contributed by atoms with Crippen LogP contribution in [0.3, 0.4) is 0 Å². The molecule has 4 nitrogen and oxygen atoms in total. The minimum absolute atomic E-state index is 0.262. The van der Waals surface area contributed by atoms with Gasteiger partial charge in [0.15, 0.2) is 0 Å². The van der Waals surface area contributed by atoms with Gasteiger partial charge in [0.25, 0.3) is 0 Å². The minimum atomic E-state index is 0.262. The van der Waals surface area contributed by atoms with Crippen LogP contribution in [0.1, 0.15) is 11.4 Å². The van der Waals surface area contributed by atoms with Gasteiger partial charge in [-0.2, -0.15) is 0 Å².